The molecule has 0 unspecified atom stereocenters. The number of ether oxygens (including phenoxy) is 1. The van der Waals surface area contributed by atoms with Crippen LogP contribution in [0.3, 0.4) is 0 Å². The van der Waals surface area contributed by atoms with E-state index >= 15 is 0 Å². The Morgan fingerprint density at radius 2 is 2.00 bits per heavy atom. The molecule has 1 aromatic heterocycles. The molecule has 3 rings (SSSR count). The Morgan fingerprint density at radius 1 is 1.27 bits per heavy atom. The van der Waals surface area contributed by atoms with Gasteiger partial charge in [0.2, 0.25) is 5.91 Å². The standard InChI is InChI=1S/C17H21BN4O8/c23-9-11-5-19-20-22(11)8-14(24)21-6-12(7-21)30-13-2-1-10(3-4-18(28)29)16(25)15(13)17(26)27/h1-2,5,12,23,25,28-29H,3-4,6-9H2,(H,26,27). The number of aromatic nitrogens is 3. The molecule has 1 aliphatic rings. The van der Waals surface area contributed by atoms with E-state index in [2.05, 4.69) is 10.3 Å². The minimum atomic E-state index is -1.57. The fourth-order valence-corrected chi connectivity index (χ4v) is 3.07. The lowest BCUT2D eigenvalue weighted by atomic mass is 9.82. The minimum absolute atomic E-state index is 0.0377. The van der Waals surface area contributed by atoms with E-state index in [-0.39, 0.29) is 56.2 Å². The van der Waals surface area contributed by atoms with Crippen molar-refractivity contribution >= 4 is 19.0 Å². The van der Waals surface area contributed by atoms with Gasteiger partial charge < -0.3 is 35.0 Å². The van der Waals surface area contributed by atoms with Gasteiger partial charge in [-0.25, -0.2) is 9.48 Å². The first-order valence-electron chi connectivity index (χ1n) is 9.17. The molecule has 0 saturated carbocycles. The largest absolute Gasteiger partial charge is 0.507 e. The first-order valence-corrected chi connectivity index (χ1v) is 9.17. The normalized spacial score (nSPS) is 13.8. The number of rotatable bonds is 9. The number of carbonyl (C=O) groups is 2. The molecule has 0 spiro atoms. The minimum Gasteiger partial charge on any atom is -0.507 e. The van der Waals surface area contributed by atoms with Crippen LogP contribution in [0.1, 0.15) is 21.6 Å². The van der Waals surface area contributed by atoms with E-state index in [1.807, 2.05) is 0 Å². The van der Waals surface area contributed by atoms with Crippen LogP contribution in [0.15, 0.2) is 18.3 Å². The molecule has 0 aliphatic carbocycles. The number of likely N-dealkylation sites (tertiary alicyclic amines) is 1. The van der Waals surface area contributed by atoms with Crippen molar-refractivity contribution < 1.29 is 39.7 Å². The number of amides is 1. The molecule has 1 saturated heterocycles. The topological polar surface area (TPSA) is 178 Å². The van der Waals surface area contributed by atoms with Gasteiger partial charge in [-0.3, -0.25) is 4.79 Å². The first kappa shape index (κ1) is 21.6. The number of aromatic carboxylic acids is 1. The predicted molar refractivity (Wildman–Crippen MR) is 101 cm³/mol. The van der Waals surface area contributed by atoms with Gasteiger partial charge in [0, 0.05) is 0 Å². The summed E-state index contributed by atoms with van der Waals surface area (Å²) in [7, 11) is -1.57. The highest BCUT2D eigenvalue weighted by atomic mass is 16.5. The van der Waals surface area contributed by atoms with Crippen LogP contribution in [-0.2, 0) is 24.4 Å². The second-order valence-electron chi connectivity index (χ2n) is 6.85. The number of hydrogen-bond acceptors (Lipinski definition) is 9. The first-order chi connectivity index (χ1) is 14.3. The third-order valence-corrected chi connectivity index (χ3v) is 4.75. The third-order valence-electron chi connectivity index (χ3n) is 4.75. The lowest BCUT2D eigenvalue weighted by molar-refractivity contribution is -0.141. The van der Waals surface area contributed by atoms with E-state index in [1.165, 1.54) is 27.9 Å². The smallest absolute Gasteiger partial charge is 0.451 e. The molecule has 0 bridgehead atoms. The maximum absolute atomic E-state index is 12.3. The van der Waals surface area contributed by atoms with E-state index in [0.717, 1.165) is 0 Å². The highest BCUT2D eigenvalue weighted by Crippen LogP contribution is 2.34. The quantitative estimate of drug-likeness (QED) is 0.299. The molecule has 0 atom stereocenters. The Balaban J connectivity index is 1.61. The van der Waals surface area contributed by atoms with Crippen molar-refractivity contribution in [3.05, 3.63) is 35.2 Å². The Hall–Kier alpha value is -3.16. The Morgan fingerprint density at radius 3 is 2.63 bits per heavy atom. The Kier molecular flexibility index (Phi) is 6.55. The van der Waals surface area contributed by atoms with Crippen LogP contribution >= 0.6 is 0 Å². The molecule has 0 radical (unpaired) electrons. The summed E-state index contributed by atoms with van der Waals surface area (Å²) in [4.78, 5) is 25.4. The molecule has 160 valence electrons. The lowest BCUT2D eigenvalue weighted by Crippen LogP contribution is -2.57. The van der Waals surface area contributed by atoms with Gasteiger partial charge in [0.05, 0.1) is 31.6 Å². The van der Waals surface area contributed by atoms with Crippen LogP contribution in [0.25, 0.3) is 0 Å². The van der Waals surface area contributed by atoms with E-state index < -0.39 is 30.5 Å². The van der Waals surface area contributed by atoms with Crippen molar-refractivity contribution in [2.75, 3.05) is 13.1 Å². The SMILES string of the molecule is O=C(O)c1c(OC2CN(C(=O)Cn3nncc3CO)C2)ccc(CCB(O)O)c1O. The van der Waals surface area contributed by atoms with Gasteiger partial charge in [-0.15, -0.1) is 5.10 Å². The summed E-state index contributed by atoms with van der Waals surface area (Å²) in [5.41, 5.74) is 0.248. The Bertz CT molecular complexity index is 928. The van der Waals surface area contributed by atoms with E-state index in [1.54, 1.807) is 0 Å². The van der Waals surface area contributed by atoms with E-state index in [4.69, 9.17) is 14.8 Å². The molecule has 1 fully saturated rings. The number of aryl methyl sites for hydroxylation is 1. The average molecular weight is 420 g/mol. The number of aliphatic hydroxyl groups excluding tert-OH is 1. The van der Waals surface area contributed by atoms with Crippen molar-refractivity contribution in [3.63, 3.8) is 0 Å². The van der Waals surface area contributed by atoms with Gasteiger partial charge in [0.1, 0.15) is 29.7 Å². The summed E-state index contributed by atoms with van der Waals surface area (Å²) in [6.45, 7) is 0.0659. The highest BCUT2D eigenvalue weighted by molar-refractivity contribution is 6.41. The average Bonchev–Trinajstić information content (AvgIpc) is 3.09. The van der Waals surface area contributed by atoms with Crippen LogP contribution in [0.4, 0.5) is 0 Å². The van der Waals surface area contributed by atoms with Crippen molar-refractivity contribution in [1.29, 1.82) is 0 Å². The molecule has 30 heavy (non-hydrogen) atoms. The Labute approximate surface area is 171 Å². The van der Waals surface area contributed by atoms with Crippen molar-refractivity contribution in [2.24, 2.45) is 0 Å². The summed E-state index contributed by atoms with van der Waals surface area (Å²) >= 11 is 0. The van der Waals surface area contributed by atoms with Gasteiger partial charge in [-0.05, 0) is 24.4 Å². The summed E-state index contributed by atoms with van der Waals surface area (Å²) in [5, 5.41) is 54.2. The summed E-state index contributed by atoms with van der Waals surface area (Å²) in [6.07, 6.45) is 0.925. The number of phenols is 1. The number of carboxylic acids is 1. The second-order valence-corrected chi connectivity index (χ2v) is 6.85. The van der Waals surface area contributed by atoms with Gasteiger partial charge >= 0.3 is 13.1 Å². The summed E-state index contributed by atoms with van der Waals surface area (Å²) in [6, 6.07) is 2.86. The monoisotopic (exact) mass is 420 g/mol. The molecular formula is C17H21BN4O8. The number of aromatic hydroxyl groups is 1. The lowest BCUT2D eigenvalue weighted by Gasteiger charge is -2.39. The summed E-state index contributed by atoms with van der Waals surface area (Å²) in [5.74, 6) is -2.17. The predicted octanol–water partition coefficient (Wildman–Crippen LogP) is -1.52. The fourth-order valence-electron chi connectivity index (χ4n) is 3.07. The van der Waals surface area contributed by atoms with Gasteiger partial charge in [-0.1, -0.05) is 11.3 Å². The zero-order valence-corrected chi connectivity index (χ0v) is 15.9. The van der Waals surface area contributed by atoms with Crippen molar-refractivity contribution in [2.45, 2.75) is 32.0 Å². The third kappa shape index (κ3) is 4.70. The molecule has 2 heterocycles. The maximum Gasteiger partial charge on any atom is 0.451 e. The van der Waals surface area contributed by atoms with E-state index in [9.17, 15) is 24.9 Å². The van der Waals surface area contributed by atoms with Crippen LogP contribution in [0.5, 0.6) is 11.5 Å². The van der Waals surface area contributed by atoms with Gasteiger partial charge in [-0.2, -0.15) is 0 Å². The number of carbonyl (C=O) groups excluding carboxylic acids is 1. The zero-order chi connectivity index (χ0) is 21.8. The highest BCUT2D eigenvalue weighted by Gasteiger charge is 2.34. The molecule has 5 N–H and O–H groups in total. The number of nitrogens with zero attached hydrogens (tertiary/aromatic N) is 4. The molecule has 1 amide bonds. The fraction of sp³-hybridized carbons (Fsp3) is 0.412. The van der Waals surface area contributed by atoms with Crippen molar-refractivity contribution in [1.82, 2.24) is 19.9 Å². The number of hydrogen-bond donors (Lipinski definition) is 5. The molecule has 2 aromatic rings. The number of carboxylic acid groups (broad SMARTS) is 1. The molecule has 12 nitrogen and oxygen atoms in total. The van der Waals surface area contributed by atoms with Crippen LogP contribution in [0.2, 0.25) is 6.32 Å². The number of aliphatic hydroxyl groups is 1. The van der Waals surface area contributed by atoms with Crippen LogP contribution in [0, 0.1) is 0 Å². The summed E-state index contributed by atoms with van der Waals surface area (Å²) < 4.78 is 6.95. The second kappa shape index (κ2) is 9.11. The molecule has 13 heteroatoms. The van der Waals surface area contributed by atoms with E-state index in [0.29, 0.717) is 5.69 Å². The molecule has 1 aliphatic heterocycles. The van der Waals surface area contributed by atoms with Crippen LogP contribution in [-0.4, -0.2) is 83.4 Å². The zero-order valence-electron chi connectivity index (χ0n) is 15.9. The van der Waals surface area contributed by atoms with Crippen molar-refractivity contribution in [3.8, 4) is 11.5 Å². The van der Waals surface area contributed by atoms with Gasteiger partial charge in [0.15, 0.2) is 0 Å². The molecular weight excluding hydrogens is 399 g/mol. The number of benzene rings is 1. The van der Waals surface area contributed by atoms with Crippen LogP contribution < -0.4 is 4.74 Å². The van der Waals surface area contributed by atoms with Gasteiger partial charge in [0.25, 0.3) is 0 Å². The maximum atomic E-state index is 12.3. The molecule has 1 aromatic carbocycles.